The van der Waals surface area contributed by atoms with Crippen molar-refractivity contribution in [1.82, 2.24) is 4.98 Å². The Bertz CT molecular complexity index is 476. The SMILES string of the molecule is CC(C)c1ccnc2cc(C(F)F)oc12. The summed E-state index contributed by atoms with van der Waals surface area (Å²) in [5.74, 6) is -0.0854. The fourth-order valence-corrected chi connectivity index (χ4v) is 1.54. The molecule has 0 bridgehead atoms. The second-order valence-electron chi connectivity index (χ2n) is 3.72. The molecular weight excluding hydrogens is 200 g/mol. The third-order valence-corrected chi connectivity index (χ3v) is 2.30. The Morgan fingerprint density at radius 2 is 2.07 bits per heavy atom. The van der Waals surface area contributed by atoms with Crippen LogP contribution >= 0.6 is 0 Å². The molecule has 0 fully saturated rings. The molecular formula is C11H11F2NO. The summed E-state index contributed by atoms with van der Waals surface area (Å²) in [5.41, 5.74) is 1.88. The van der Waals surface area contributed by atoms with Crippen LogP contribution in [0.3, 0.4) is 0 Å². The van der Waals surface area contributed by atoms with Gasteiger partial charge >= 0.3 is 0 Å². The topological polar surface area (TPSA) is 26.0 Å². The largest absolute Gasteiger partial charge is 0.453 e. The molecule has 0 spiro atoms. The van der Waals surface area contributed by atoms with Crippen LogP contribution in [0, 0.1) is 0 Å². The standard InChI is InChI=1S/C11H11F2NO/c1-6(2)7-3-4-14-8-5-9(11(12)13)15-10(7)8/h3-6,11H,1-2H3. The first-order valence-electron chi connectivity index (χ1n) is 4.76. The molecule has 0 radical (unpaired) electrons. The molecule has 0 unspecified atom stereocenters. The monoisotopic (exact) mass is 211 g/mol. The zero-order chi connectivity index (χ0) is 11.0. The van der Waals surface area contributed by atoms with Crippen LogP contribution < -0.4 is 0 Å². The smallest absolute Gasteiger partial charge is 0.295 e. The molecule has 0 aliphatic carbocycles. The Morgan fingerprint density at radius 3 is 2.67 bits per heavy atom. The van der Waals surface area contributed by atoms with Crippen LogP contribution in [0.2, 0.25) is 0 Å². The minimum atomic E-state index is -2.58. The van der Waals surface area contributed by atoms with Crippen molar-refractivity contribution in [3.05, 3.63) is 29.7 Å². The molecule has 0 aliphatic heterocycles. The van der Waals surface area contributed by atoms with E-state index in [0.717, 1.165) is 5.56 Å². The quantitative estimate of drug-likeness (QED) is 0.753. The van der Waals surface area contributed by atoms with Crippen molar-refractivity contribution < 1.29 is 13.2 Å². The number of furan rings is 1. The van der Waals surface area contributed by atoms with E-state index in [1.165, 1.54) is 6.07 Å². The molecule has 0 aliphatic rings. The van der Waals surface area contributed by atoms with E-state index >= 15 is 0 Å². The highest BCUT2D eigenvalue weighted by atomic mass is 19.3. The van der Waals surface area contributed by atoms with Crippen molar-refractivity contribution in [2.75, 3.05) is 0 Å². The van der Waals surface area contributed by atoms with Crippen LogP contribution in [-0.2, 0) is 0 Å². The summed E-state index contributed by atoms with van der Waals surface area (Å²) in [4.78, 5) is 4.00. The number of halogens is 2. The van der Waals surface area contributed by atoms with Crippen LogP contribution in [0.5, 0.6) is 0 Å². The minimum absolute atomic E-state index is 0.229. The zero-order valence-electron chi connectivity index (χ0n) is 8.50. The van der Waals surface area contributed by atoms with E-state index in [1.54, 1.807) is 12.3 Å². The van der Waals surface area contributed by atoms with Crippen molar-refractivity contribution in [3.8, 4) is 0 Å². The first-order valence-corrected chi connectivity index (χ1v) is 4.76. The third kappa shape index (κ3) is 1.71. The van der Waals surface area contributed by atoms with Gasteiger partial charge in [0.15, 0.2) is 11.3 Å². The van der Waals surface area contributed by atoms with E-state index in [2.05, 4.69) is 4.98 Å². The number of rotatable bonds is 2. The van der Waals surface area contributed by atoms with Crippen molar-refractivity contribution in [2.24, 2.45) is 0 Å². The molecule has 80 valence electrons. The van der Waals surface area contributed by atoms with Gasteiger partial charge in [-0.05, 0) is 12.0 Å². The van der Waals surface area contributed by atoms with Crippen molar-refractivity contribution in [1.29, 1.82) is 0 Å². The van der Waals surface area contributed by atoms with Crippen molar-refractivity contribution in [2.45, 2.75) is 26.2 Å². The summed E-state index contributed by atoms with van der Waals surface area (Å²) >= 11 is 0. The van der Waals surface area contributed by atoms with E-state index in [0.29, 0.717) is 11.1 Å². The first-order chi connectivity index (χ1) is 7.09. The Labute approximate surface area is 85.9 Å². The molecule has 0 atom stereocenters. The molecule has 4 heteroatoms. The van der Waals surface area contributed by atoms with Gasteiger partial charge in [0.1, 0.15) is 5.52 Å². The lowest BCUT2D eigenvalue weighted by atomic mass is 10.0. The minimum Gasteiger partial charge on any atom is -0.453 e. The molecule has 2 nitrogen and oxygen atoms in total. The molecule has 0 aromatic carbocycles. The van der Waals surface area contributed by atoms with Gasteiger partial charge in [0.25, 0.3) is 6.43 Å². The maximum atomic E-state index is 12.4. The lowest BCUT2D eigenvalue weighted by Crippen LogP contribution is -1.88. The predicted molar refractivity (Wildman–Crippen MR) is 53.1 cm³/mol. The normalized spacial score (nSPS) is 11.9. The van der Waals surface area contributed by atoms with Crippen LogP contribution in [0.25, 0.3) is 11.1 Å². The highest BCUT2D eigenvalue weighted by Crippen LogP contribution is 2.30. The summed E-state index contributed by atoms with van der Waals surface area (Å²) < 4.78 is 29.9. The molecule has 15 heavy (non-hydrogen) atoms. The molecule has 0 amide bonds. The number of alkyl halides is 2. The van der Waals surface area contributed by atoms with Gasteiger partial charge in [-0.2, -0.15) is 0 Å². The summed E-state index contributed by atoms with van der Waals surface area (Å²) in [5, 5.41) is 0. The number of fused-ring (bicyclic) bond motifs is 1. The molecule has 2 heterocycles. The number of hydrogen-bond donors (Lipinski definition) is 0. The highest BCUT2D eigenvalue weighted by Gasteiger charge is 2.16. The fraction of sp³-hybridized carbons (Fsp3) is 0.364. The Kier molecular flexibility index (Phi) is 2.42. The Morgan fingerprint density at radius 1 is 1.33 bits per heavy atom. The molecule has 0 saturated carbocycles. The van der Waals surface area contributed by atoms with E-state index in [4.69, 9.17) is 4.42 Å². The molecule has 2 rings (SSSR count). The predicted octanol–water partition coefficient (Wildman–Crippen LogP) is 3.89. The van der Waals surface area contributed by atoms with Crippen molar-refractivity contribution in [3.63, 3.8) is 0 Å². The lowest BCUT2D eigenvalue weighted by Gasteiger charge is -2.04. The molecule has 2 aromatic rings. The number of nitrogens with zero attached hydrogens (tertiary/aromatic N) is 1. The van der Waals surface area contributed by atoms with Crippen LogP contribution in [0.1, 0.15) is 37.5 Å². The second-order valence-corrected chi connectivity index (χ2v) is 3.72. The number of pyridine rings is 1. The van der Waals surface area contributed by atoms with E-state index in [9.17, 15) is 8.78 Å². The van der Waals surface area contributed by atoms with Gasteiger partial charge in [-0.15, -0.1) is 0 Å². The van der Waals surface area contributed by atoms with Gasteiger partial charge in [0.05, 0.1) is 0 Å². The van der Waals surface area contributed by atoms with Crippen LogP contribution in [0.15, 0.2) is 22.7 Å². The number of aromatic nitrogens is 1. The third-order valence-electron chi connectivity index (χ3n) is 2.30. The van der Waals surface area contributed by atoms with Gasteiger partial charge in [0, 0.05) is 17.8 Å². The van der Waals surface area contributed by atoms with E-state index < -0.39 is 6.43 Å². The summed E-state index contributed by atoms with van der Waals surface area (Å²) in [6.45, 7) is 3.97. The first kappa shape index (κ1) is 10.1. The Hall–Kier alpha value is -1.45. The van der Waals surface area contributed by atoms with Gasteiger partial charge in [0.2, 0.25) is 0 Å². The van der Waals surface area contributed by atoms with Gasteiger partial charge in [-0.25, -0.2) is 8.78 Å². The second kappa shape index (κ2) is 3.61. The molecule has 2 aromatic heterocycles. The maximum absolute atomic E-state index is 12.4. The summed E-state index contributed by atoms with van der Waals surface area (Å²) in [6.07, 6.45) is -0.971. The van der Waals surface area contributed by atoms with Gasteiger partial charge in [-0.1, -0.05) is 13.8 Å². The van der Waals surface area contributed by atoms with Crippen LogP contribution in [-0.4, -0.2) is 4.98 Å². The Balaban J connectivity index is 2.64. The van der Waals surface area contributed by atoms with Gasteiger partial charge in [-0.3, -0.25) is 4.98 Å². The summed E-state index contributed by atoms with van der Waals surface area (Å²) in [6, 6.07) is 3.09. The summed E-state index contributed by atoms with van der Waals surface area (Å²) in [7, 11) is 0. The van der Waals surface area contributed by atoms with Gasteiger partial charge < -0.3 is 4.42 Å². The highest BCUT2D eigenvalue weighted by molar-refractivity contribution is 5.77. The average molecular weight is 211 g/mol. The van der Waals surface area contributed by atoms with Crippen molar-refractivity contribution >= 4 is 11.1 Å². The zero-order valence-corrected chi connectivity index (χ0v) is 8.50. The molecule has 0 saturated heterocycles. The van der Waals surface area contributed by atoms with Crippen LogP contribution in [0.4, 0.5) is 8.78 Å². The maximum Gasteiger partial charge on any atom is 0.295 e. The average Bonchev–Trinajstić information content (AvgIpc) is 2.60. The lowest BCUT2D eigenvalue weighted by molar-refractivity contribution is 0.124. The number of hydrogen-bond acceptors (Lipinski definition) is 2. The fourth-order valence-electron chi connectivity index (χ4n) is 1.54. The van der Waals surface area contributed by atoms with E-state index in [1.807, 2.05) is 13.8 Å². The molecule has 0 N–H and O–H groups in total. The van der Waals surface area contributed by atoms with E-state index in [-0.39, 0.29) is 11.7 Å².